The average Bonchev–Trinajstić information content (AvgIpc) is 2.81. The maximum absolute atomic E-state index is 12.8. The molecule has 32 heavy (non-hydrogen) atoms. The van der Waals surface area contributed by atoms with E-state index in [1.165, 1.54) is 0 Å². The number of benzene rings is 3. The molecule has 2 atom stereocenters. The summed E-state index contributed by atoms with van der Waals surface area (Å²) in [6, 6.07) is 24.8. The van der Waals surface area contributed by atoms with Crippen LogP contribution in [0.2, 0.25) is 0 Å². The zero-order valence-corrected chi connectivity index (χ0v) is 17.7. The molecule has 0 bridgehead atoms. The zero-order chi connectivity index (χ0) is 22.5. The molecule has 3 aromatic carbocycles. The van der Waals surface area contributed by atoms with E-state index in [-0.39, 0.29) is 18.4 Å². The van der Waals surface area contributed by atoms with Crippen LogP contribution in [0.5, 0.6) is 5.75 Å². The Bertz CT molecular complexity index is 1050. The van der Waals surface area contributed by atoms with E-state index in [4.69, 9.17) is 15.6 Å². The lowest BCUT2D eigenvalue weighted by molar-refractivity contribution is -0.139. The number of hydrogen-bond acceptors (Lipinski definition) is 4. The first-order valence-corrected chi connectivity index (χ1v) is 10.7. The molecule has 2 unspecified atom stereocenters. The minimum Gasteiger partial charge on any atom is -0.482 e. The fourth-order valence-corrected chi connectivity index (χ4v) is 4.56. The monoisotopic (exact) mass is 430 g/mol. The van der Waals surface area contributed by atoms with E-state index in [0.29, 0.717) is 18.6 Å². The number of amides is 1. The smallest absolute Gasteiger partial charge is 0.341 e. The number of primary amides is 1. The van der Waals surface area contributed by atoms with Crippen LogP contribution in [-0.2, 0) is 22.4 Å². The first kappa shape index (κ1) is 21.4. The van der Waals surface area contributed by atoms with Gasteiger partial charge in [-0.1, -0.05) is 48.5 Å². The van der Waals surface area contributed by atoms with Crippen LogP contribution in [0, 0.1) is 5.92 Å². The normalized spacial score (nSPS) is 15.9. The van der Waals surface area contributed by atoms with Gasteiger partial charge in [-0.05, 0) is 66.6 Å². The number of nitrogens with zero attached hydrogens (tertiary/aromatic N) is 1. The minimum absolute atomic E-state index is 0.00450. The highest BCUT2D eigenvalue weighted by Gasteiger charge is 2.36. The van der Waals surface area contributed by atoms with Crippen LogP contribution < -0.4 is 15.4 Å². The van der Waals surface area contributed by atoms with Crippen molar-refractivity contribution in [3.63, 3.8) is 0 Å². The highest BCUT2D eigenvalue weighted by atomic mass is 16.5. The molecule has 164 valence electrons. The Balaban J connectivity index is 1.68. The molecule has 0 spiro atoms. The standard InChI is InChI=1S/C26H26N2O4/c27-26(31)25(28(20-9-3-1-4-10-20)21-11-5-2-6-12-21)19-14-15-22-18(16-19)8-7-13-23(22)32-17-24(29)30/h1-13,19,25H,14-17H2,(H2,27,31)(H,29,30). The average molecular weight is 431 g/mol. The van der Waals surface area contributed by atoms with Gasteiger partial charge in [-0.2, -0.15) is 0 Å². The molecule has 0 radical (unpaired) electrons. The third-order valence-electron chi connectivity index (χ3n) is 5.91. The third kappa shape index (κ3) is 4.59. The number of ether oxygens (including phenoxy) is 1. The highest BCUT2D eigenvalue weighted by molar-refractivity contribution is 5.87. The molecule has 0 heterocycles. The predicted molar refractivity (Wildman–Crippen MR) is 123 cm³/mol. The summed E-state index contributed by atoms with van der Waals surface area (Å²) in [5, 5.41) is 8.95. The highest BCUT2D eigenvalue weighted by Crippen LogP contribution is 2.38. The number of rotatable bonds is 8. The van der Waals surface area contributed by atoms with Gasteiger partial charge in [0.25, 0.3) is 0 Å². The quantitative estimate of drug-likeness (QED) is 0.565. The number of carbonyl (C=O) groups is 2. The summed E-state index contributed by atoms with van der Waals surface area (Å²) >= 11 is 0. The lowest BCUT2D eigenvalue weighted by Crippen LogP contribution is -2.49. The zero-order valence-electron chi connectivity index (χ0n) is 17.7. The summed E-state index contributed by atoms with van der Waals surface area (Å²) in [6.07, 6.45) is 2.09. The van der Waals surface area contributed by atoms with Gasteiger partial charge in [0.15, 0.2) is 6.61 Å². The van der Waals surface area contributed by atoms with Crippen molar-refractivity contribution in [2.75, 3.05) is 11.5 Å². The van der Waals surface area contributed by atoms with E-state index in [9.17, 15) is 9.59 Å². The number of anilines is 2. The minimum atomic E-state index is -1.01. The molecule has 6 heteroatoms. The fraction of sp³-hybridized carbons (Fsp3) is 0.231. The Hall–Kier alpha value is -3.80. The number of nitrogens with two attached hydrogens (primary N) is 1. The van der Waals surface area contributed by atoms with E-state index in [0.717, 1.165) is 28.9 Å². The number of carboxylic acid groups (broad SMARTS) is 1. The van der Waals surface area contributed by atoms with Gasteiger partial charge in [0, 0.05) is 11.4 Å². The van der Waals surface area contributed by atoms with Crippen LogP contribution >= 0.6 is 0 Å². The topological polar surface area (TPSA) is 92.9 Å². The maximum Gasteiger partial charge on any atom is 0.341 e. The van der Waals surface area contributed by atoms with Crippen LogP contribution in [0.3, 0.4) is 0 Å². The Morgan fingerprint density at radius 1 is 0.969 bits per heavy atom. The van der Waals surface area contributed by atoms with Gasteiger partial charge in [-0.15, -0.1) is 0 Å². The number of fused-ring (bicyclic) bond motifs is 1. The van der Waals surface area contributed by atoms with Crippen LogP contribution in [0.4, 0.5) is 11.4 Å². The maximum atomic E-state index is 12.8. The van der Waals surface area contributed by atoms with Crippen molar-refractivity contribution < 1.29 is 19.4 Å². The van der Waals surface area contributed by atoms with Crippen molar-refractivity contribution in [1.82, 2.24) is 0 Å². The van der Waals surface area contributed by atoms with Gasteiger partial charge in [0.05, 0.1) is 0 Å². The van der Waals surface area contributed by atoms with Crippen LogP contribution in [0.25, 0.3) is 0 Å². The summed E-state index contributed by atoms with van der Waals surface area (Å²) < 4.78 is 5.49. The van der Waals surface area contributed by atoms with Crippen molar-refractivity contribution in [3.8, 4) is 5.75 Å². The van der Waals surface area contributed by atoms with Gasteiger partial charge >= 0.3 is 5.97 Å². The molecular formula is C26H26N2O4. The summed E-state index contributed by atoms with van der Waals surface area (Å²) in [4.78, 5) is 25.8. The van der Waals surface area contributed by atoms with E-state index in [1.807, 2.05) is 77.7 Å². The number of carboxylic acids is 1. The van der Waals surface area contributed by atoms with E-state index >= 15 is 0 Å². The largest absolute Gasteiger partial charge is 0.482 e. The van der Waals surface area contributed by atoms with Gasteiger partial charge < -0.3 is 20.5 Å². The fourth-order valence-electron chi connectivity index (χ4n) is 4.56. The molecule has 0 aromatic heterocycles. The summed E-state index contributed by atoms with van der Waals surface area (Å²) in [7, 11) is 0. The van der Waals surface area contributed by atoms with Crippen LogP contribution in [0.15, 0.2) is 78.9 Å². The van der Waals surface area contributed by atoms with Crippen LogP contribution in [-0.4, -0.2) is 29.6 Å². The van der Waals surface area contributed by atoms with Gasteiger partial charge in [-0.3, -0.25) is 4.79 Å². The first-order valence-electron chi connectivity index (χ1n) is 10.7. The molecule has 1 aliphatic carbocycles. The Morgan fingerprint density at radius 3 is 2.16 bits per heavy atom. The molecule has 0 fully saturated rings. The van der Waals surface area contributed by atoms with Crippen molar-refractivity contribution in [3.05, 3.63) is 90.0 Å². The van der Waals surface area contributed by atoms with E-state index in [2.05, 4.69) is 0 Å². The summed E-state index contributed by atoms with van der Waals surface area (Å²) in [5.74, 6) is -0.784. The lowest BCUT2D eigenvalue weighted by atomic mass is 9.78. The van der Waals surface area contributed by atoms with E-state index in [1.54, 1.807) is 6.07 Å². The van der Waals surface area contributed by atoms with Crippen molar-refractivity contribution in [1.29, 1.82) is 0 Å². The number of hydrogen-bond donors (Lipinski definition) is 2. The molecule has 0 saturated heterocycles. The second-order valence-electron chi connectivity index (χ2n) is 7.97. The Labute approximate surface area is 187 Å². The number of para-hydroxylation sites is 2. The molecule has 4 rings (SSSR count). The molecule has 1 amide bonds. The molecule has 0 saturated carbocycles. The number of carbonyl (C=O) groups excluding carboxylic acids is 1. The molecule has 3 aromatic rings. The number of aliphatic carboxylic acids is 1. The van der Waals surface area contributed by atoms with Crippen LogP contribution in [0.1, 0.15) is 17.5 Å². The molecule has 0 aliphatic heterocycles. The third-order valence-corrected chi connectivity index (χ3v) is 5.91. The second kappa shape index (κ2) is 9.56. The summed E-state index contributed by atoms with van der Waals surface area (Å²) in [6.45, 7) is -0.375. The van der Waals surface area contributed by atoms with Gasteiger partial charge in [0.2, 0.25) is 5.91 Å². The van der Waals surface area contributed by atoms with Gasteiger partial charge in [-0.25, -0.2) is 4.79 Å². The Morgan fingerprint density at radius 2 is 1.59 bits per heavy atom. The van der Waals surface area contributed by atoms with Crippen molar-refractivity contribution in [2.24, 2.45) is 11.7 Å². The summed E-state index contributed by atoms with van der Waals surface area (Å²) in [5.41, 5.74) is 9.90. The Kier molecular flexibility index (Phi) is 6.40. The first-order chi connectivity index (χ1) is 15.5. The predicted octanol–water partition coefficient (Wildman–Crippen LogP) is 3.95. The molecular weight excluding hydrogens is 404 g/mol. The van der Waals surface area contributed by atoms with E-state index < -0.39 is 12.0 Å². The molecule has 1 aliphatic rings. The molecule has 3 N–H and O–H groups in total. The molecule has 6 nitrogen and oxygen atoms in total. The lowest BCUT2D eigenvalue weighted by Gasteiger charge is -2.39. The van der Waals surface area contributed by atoms with Gasteiger partial charge in [0.1, 0.15) is 11.8 Å². The second-order valence-corrected chi connectivity index (χ2v) is 7.97. The van der Waals surface area contributed by atoms with Crippen molar-refractivity contribution in [2.45, 2.75) is 25.3 Å². The SMILES string of the molecule is NC(=O)C(C1CCc2c(cccc2OCC(=O)O)C1)N(c1ccccc1)c1ccccc1. The van der Waals surface area contributed by atoms with Crippen molar-refractivity contribution >= 4 is 23.3 Å².